The van der Waals surface area contributed by atoms with Crippen LogP contribution >= 0.6 is 0 Å². The highest BCUT2D eigenvalue weighted by Crippen LogP contribution is 2.34. The highest BCUT2D eigenvalue weighted by molar-refractivity contribution is 5.98. The molecule has 3 N–H and O–H groups in total. The van der Waals surface area contributed by atoms with Crippen LogP contribution in [0.5, 0.6) is 5.75 Å². The van der Waals surface area contributed by atoms with Crippen LogP contribution in [-0.4, -0.2) is 47.0 Å². The van der Waals surface area contributed by atoms with Crippen molar-refractivity contribution in [2.45, 2.75) is 32.4 Å². The molecule has 1 aliphatic rings. The fourth-order valence-electron chi connectivity index (χ4n) is 5.68. The zero-order valence-electron chi connectivity index (χ0n) is 23.5. The number of carbonyl (C=O) groups is 1. The topological polar surface area (TPSA) is 128 Å². The summed E-state index contributed by atoms with van der Waals surface area (Å²) in [5, 5.41) is 4.09. The van der Waals surface area contributed by atoms with Gasteiger partial charge in [0.1, 0.15) is 11.4 Å². The van der Waals surface area contributed by atoms with Gasteiger partial charge in [0.05, 0.1) is 18.3 Å². The minimum Gasteiger partial charge on any atom is -0.491 e. The number of hydrogen-bond donors (Lipinski definition) is 2. The molecule has 0 spiro atoms. The van der Waals surface area contributed by atoms with E-state index < -0.39 is 16.8 Å². The molecule has 0 atom stereocenters. The SMILES string of the molecule is COc1c(NC2CCN(Cc3ccc(-c4nc5cc(C(N)=O)nc(C)c5cc4-c4ccccc4)cc3)CC2)c(=O)c1=O. The molecule has 3 heterocycles. The standard InChI is InChI=1S/C33H31N5O4/c1-19-24-16-25(21-6-4-3-5-7-21)28(37-26(24)17-27(35-19)33(34)41)22-10-8-20(9-11-22)18-38-14-12-23(13-15-38)36-29-30(39)31(40)32(29)42-2/h3-11,16-17,23,36H,12-15,18H2,1-2H3,(H2,34,41). The van der Waals surface area contributed by atoms with Crippen LogP contribution in [-0.2, 0) is 6.54 Å². The second-order valence-electron chi connectivity index (χ2n) is 10.7. The number of piperidine rings is 1. The van der Waals surface area contributed by atoms with Gasteiger partial charge in [0, 0.05) is 47.9 Å². The molecule has 0 radical (unpaired) electrons. The van der Waals surface area contributed by atoms with Gasteiger partial charge in [-0.2, -0.15) is 0 Å². The Morgan fingerprint density at radius 2 is 1.69 bits per heavy atom. The van der Waals surface area contributed by atoms with E-state index in [0.717, 1.165) is 60.2 Å². The second kappa shape index (κ2) is 11.2. The number of hydrogen-bond acceptors (Lipinski definition) is 8. The zero-order valence-corrected chi connectivity index (χ0v) is 23.5. The Kier molecular flexibility index (Phi) is 7.26. The summed E-state index contributed by atoms with van der Waals surface area (Å²) in [4.78, 5) is 47.1. The van der Waals surface area contributed by atoms with Crippen molar-refractivity contribution in [1.29, 1.82) is 0 Å². The van der Waals surface area contributed by atoms with E-state index in [4.69, 9.17) is 15.5 Å². The minimum atomic E-state index is -0.580. The Balaban J connectivity index is 1.21. The van der Waals surface area contributed by atoms with Gasteiger partial charge in [0.25, 0.3) is 16.8 Å². The number of nitrogens with two attached hydrogens (primary N) is 1. The van der Waals surface area contributed by atoms with Crippen molar-refractivity contribution in [3.8, 4) is 28.1 Å². The Morgan fingerprint density at radius 1 is 0.976 bits per heavy atom. The third-order valence-electron chi connectivity index (χ3n) is 7.98. The fourth-order valence-corrected chi connectivity index (χ4v) is 5.68. The molecule has 1 saturated heterocycles. The molecule has 1 amide bonds. The number of amides is 1. The number of benzene rings is 2. The number of primary amides is 1. The highest BCUT2D eigenvalue weighted by Gasteiger charge is 2.26. The van der Waals surface area contributed by atoms with Crippen molar-refractivity contribution in [1.82, 2.24) is 14.9 Å². The Hall–Kier alpha value is -4.89. The lowest BCUT2D eigenvalue weighted by Crippen LogP contribution is -2.42. The summed E-state index contributed by atoms with van der Waals surface area (Å²) in [6, 6.07) is 22.4. The normalized spacial score (nSPS) is 14.3. The molecule has 9 nitrogen and oxygen atoms in total. The lowest BCUT2D eigenvalue weighted by molar-refractivity contribution is 0.0995. The van der Waals surface area contributed by atoms with Gasteiger partial charge in [-0.25, -0.2) is 9.97 Å². The summed E-state index contributed by atoms with van der Waals surface area (Å²) in [5.74, 6) is -0.443. The lowest BCUT2D eigenvalue weighted by atomic mass is 9.96. The van der Waals surface area contributed by atoms with Gasteiger partial charge >= 0.3 is 0 Å². The first kappa shape index (κ1) is 27.3. The van der Waals surface area contributed by atoms with Gasteiger partial charge in [-0.15, -0.1) is 0 Å². The number of fused-ring (bicyclic) bond motifs is 1. The Bertz CT molecular complexity index is 1850. The van der Waals surface area contributed by atoms with Crippen LogP contribution in [0.25, 0.3) is 33.3 Å². The Labute approximate surface area is 242 Å². The maximum atomic E-state index is 11.9. The molecule has 42 heavy (non-hydrogen) atoms. The van der Waals surface area contributed by atoms with Gasteiger partial charge < -0.3 is 15.8 Å². The minimum absolute atomic E-state index is 0.130. The first-order valence-electron chi connectivity index (χ1n) is 14.0. The molecule has 2 aromatic heterocycles. The molecular weight excluding hydrogens is 530 g/mol. The first-order valence-corrected chi connectivity index (χ1v) is 14.0. The molecule has 3 aromatic carbocycles. The van der Waals surface area contributed by atoms with Gasteiger partial charge in [0.15, 0.2) is 5.75 Å². The smallest absolute Gasteiger partial charge is 0.271 e. The number of likely N-dealkylation sites (tertiary alicyclic amines) is 1. The summed E-state index contributed by atoms with van der Waals surface area (Å²) in [7, 11) is 1.41. The zero-order chi connectivity index (χ0) is 29.4. The van der Waals surface area contributed by atoms with Crippen molar-refractivity contribution < 1.29 is 9.53 Å². The van der Waals surface area contributed by atoms with E-state index >= 15 is 0 Å². The summed E-state index contributed by atoms with van der Waals surface area (Å²) < 4.78 is 5.05. The van der Waals surface area contributed by atoms with E-state index in [2.05, 4.69) is 57.7 Å². The monoisotopic (exact) mass is 561 g/mol. The van der Waals surface area contributed by atoms with Crippen LogP contribution in [0.1, 0.15) is 34.6 Å². The van der Waals surface area contributed by atoms with E-state index in [-0.39, 0.29) is 17.5 Å². The fraction of sp³-hybridized carbons (Fsp3) is 0.242. The molecule has 5 aromatic rings. The number of methoxy groups -OCH3 is 1. The Morgan fingerprint density at radius 3 is 2.36 bits per heavy atom. The molecule has 1 aliphatic heterocycles. The van der Waals surface area contributed by atoms with Crippen molar-refractivity contribution in [3.63, 3.8) is 0 Å². The number of ether oxygens (including phenoxy) is 1. The summed E-state index contributed by atoms with van der Waals surface area (Å²) in [6.07, 6.45) is 1.73. The summed E-state index contributed by atoms with van der Waals surface area (Å²) in [5.41, 5.74) is 11.4. The number of aromatic nitrogens is 2. The van der Waals surface area contributed by atoms with E-state index in [1.807, 2.05) is 25.1 Å². The predicted molar refractivity (Wildman–Crippen MR) is 163 cm³/mol. The number of carbonyl (C=O) groups excluding carboxylic acids is 1. The highest BCUT2D eigenvalue weighted by atomic mass is 16.5. The van der Waals surface area contributed by atoms with Crippen molar-refractivity contribution in [2.24, 2.45) is 5.73 Å². The van der Waals surface area contributed by atoms with Crippen LogP contribution in [0.2, 0.25) is 0 Å². The third kappa shape index (κ3) is 5.14. The van der Waals surface area contributed by atoms with Crippen LogP contribution in [0.15, 0.2) is 76.3 Å². The first-order chi connectivity index (χ1) is 20.3. The van der Waals surface area contributed by atoms with Gasteiger partial charge in [-0.05, 0) is 43.0 Å². The summed E-state index contributed by atoms with van der Waals surface area (Å²) >= 11 is 0. The molecular formula is C33H31N5O4. The van der Waals surface area contributed by atoms with Crippen molar-refractivity contribution in [3.05, 3.63) is 104 Å². The molecule has 1 fully saturated rings. The maximum Gasteiger partial charge on any atom is 0.271 e. The van der Waals surface area contributed by atoms with Crippen LogP contribution in [0.4, 0.5) is 5.69 Å². The lowest BCUT2D eigenvalue weighted by Gasteiger charge is -2.33. The quantitative estimate of drug-likeness (QED) is 0.272. The molecule has 9 heteroatoms. The largest absolute Gasteiger partial charge is 0.491 e. The summed E-state index contributed by atoms with van der Waals surface area (Å²) in [6.45, 7) is 4.41. The number of nitrogens with one attached hydrogen (secondary N) is 1. The molecule has 0 unspecified atom stereocenters. The predicted octanol–water partition coefficient (Wildman–Crippen LogP) is 4.05. The number of pyridine rings is 2. The molecule has 0 saturated carbocycles. The maximum absolute atomic E-state index is 11.9. The number of rotatable bonds is 8. The molecule has 212 valence electrons. The van der Waals surface area contributed by atoms with Crippen molar-refractivity contribution in [2.75, 3.05) is 25.5 Å². The van der Waals surface area contributed by atoms with E-state index in [0.29, 0.717) is 16.9 Å². The van der Waals surface area contributed by atoms with E-state index in [1.165, 1.54) is 12.7 Å². The number of anilines is 1. The van der Waals surface area contributed by atoms with Crippen molar-refractivity contribution >= 4 is 22.5 Å². The van der Waals surface area contributed by atoms with Crippen LogP contribution < -0.4 is 26.6 Å². The average Bonchev–Trinajstić information content (AvgIpc) is 3.01. The van der Waals surface area contributed by atoms with Gasteiger partial charge in [-0.1, -0.05) is 54.6 Å². The van der Waals surface area contributed by atoms with Crippen LogP contribution in [0, 0.1) is 6.92 Å². The number of aryl methyl sites for hydroxylation is 1. The molecule has 0 bridgehead atoms. The van der Waals surface area contributed by atoms with Gasteiger partial charge in [0.2, 0.25) is 0 Å². The van der Waals surface area contributed by atoms with Crippen LogP contribution in [0.3, 0.4) is 0 Å². The second-order valence-corrected chi connectivity index (χ2v) is 10.7. The molecule has 6 rings (SSSR count). The average molecular weight is 562 g/mol. The third-order valence-corrected chi connectivity index (χ3v) is 7.98. The molecule has 0 aliphatic carbocycles. The number of nitrogens with zero attached hydrogens (tertiary/aromatic N) is 3. The van der Waals surface area contributed by atoms with E-state index in [9.17, 15) is 14.4 Å². The van der Waals surface area contributed by atoms with Gasteiger partial charge in [-0.3, -0.25) is 19.3 Å². The van der Waals surface area contributed by atoms with E-state index in [1.54, 1.807) is 6.07 Å².